The van der Waals surface area contributed by atoms with Crippen molar-refractivity contribution in [3.05, 3.63) is 22.6 Å². The number of nitrogens with two attached hydrogens (primary N) is 1. The highest BCUT2D eigenvalue weighted by Crippen LogP contribution is 2.18. The zero-order valence-electron chi connectivity index (χ0n) is 5.66. The Kier molecular flexibility index (Phi) is 4.76. The molecule has 0 aliphatic rings. The topological polar surface area (TPSA) is 59.4 Å². The summed E-state index contributed by atoms with van der Waals surface area (Å²) in [6.45, 7) is -0.0973. The van der Waals surface area contributed by atoms with E-state index in [1.165, 1.54) is 0 Å². The Morgan fingerprint density at radius 3 is 2.64 bits per heavy atom. The van der Waals surface area contributed by atoms with E-state index in [4.69, 9.17) is 15.3 Å². The van der Waals surface area contributed by atoms with Crippen LogP contribution >= 0.6 is 28.3 Å². The molecule has 1 heterocycles. The zero-order chi connectivity index (χ0) is 7.56. The Bertz CT molecular complexity index is 216. The zero-order valence-corrected chi connectivity index (χ0v) is 8.06. The van der Waals surface area contributed by atoms with Gasteiger partial charge in [-0.1, -0.05) is 0 Å². The predicted octanol–water partition coefficient (Wildman–Crippen LogP) is 1.46. The first-order valence-electron chi connectivity index (χ1n) is 2.85. The second kappa shape index (κ2) is 4.77. The Balaban J connectivity index is 0.000001000. The van der Waals surface area contributed by atoms with Crippen LogP contribution in [0.25, 0.3) is 0 Å². The molecule has 64 valence electrons. The van der Waals surface area contributed by atoms with Crippen molar-refractivity contribution in [2.75, 3.05) is 6.61 Å². The average molecular weight is 242 g/mol. The van der Waals surface area contributed by atoms with E-state index in [0.29, 0.717) is 10.4 Å². The summed E-state index contributed by atoms with van der Waals surface area (Å²) in [5, 5.41) is 8.60. The van der Waals surface area contributed by atoms with Crippen LogP contribution in [-0.2, 0) is 0 Å². The number of aliphatic hydroxyl groups excluding tert-OH is 1. The first kappa shape index (κ1) is 11.0. The molecule has 5 heteroatoms. The first-order valence-corrected chi connectivity index (χ1v) is 3.65. The van der Waals surface area contributed by atoms with E-state index in [1.54, 1.807) is 12.1 Å². The van der Waals surface area contributed by atoms with Gasteiger partial charge in [0.2, 0.25) is 0 Å². The molecule has 3 N–H and O–H groups in total. The largest absolute Gasteiger partial charge is 0.453 e. The van der Waals surface area contributed by atoms with E-state index in [0.717, 1.165) is 0 Å². The standard InChI is InChI=1S/C6H8BrNO2.ClH/c7-6-2-1-5(10-6)4(8)3-9;/h1-2,4,9H,3,8H2;1H/t4-;/m0./s1. The van der Waals surface area contributed by atoms with Crippen molar-refractivity contribution in [3.8, 4) is 0 Å². The Morgan fingerprint density at radius 2 is 2.27 bits per heavy atom. The number of hydrogen-bond donors (Lipinski definition) is 2. The number of halogens is 2. The van der Waals surface area contributed by atoms with Crippen molar-refractivity contribution >= 4 is 28.3 Å². The molecule has 0 spiro atoms. The van der Waals surface area contributed by atoms with Crippen molar-refractivity contribution in [3.63, 3.8) is 0 Å². The molecule has 1 aromatic rings. The molecule has 0 aromatic carbocycles. The Morgan fingerprint density at radius 1 is 1.64 bits per heavy atom. The summed E-state index contributed by atoms with van der Waals surface area (Å²) in [5.41, 5.74) is 5.44. The molecule has 0 saturated heterocycles. The average Bonchev–Trinajstić information content (AvgIpc) is 2.34. The van der Waals surface area contributed by atoms with Gasteiger partial charge in [0.05, 0.1) is 12.6 Å². The molecule has 0 bridgehead atoms. The van der Waals surface area contributed by atoms with Crippen molar-refractivity contribution in [2.24, 2.45) is 5.73 Å². The van der Waals surface area contributed by atoms with Crippen LogP contribution in [-0.4, -0.2) is 11.7 Å². The lowest BCUT2D eigenvalue weighted by atomic mass is 10.2. The van der Waals surface area contributed by atoms with E-state index in [-0.39, 0.29) is 19.0 Å². The lowest BCUT2D eigenvalue weighted by Gasteiger charge is -2.01. The fraction of sp³-hybridized carbons (Fsp3) is 0.333. The maximum atomic E-state index is 8.60. The number of hydrogen-bond acceptors (Lipinski definition) is 3. The normalized spacial score (nSPS) is 12.3. The second-order valence-electron chi connectivity index (χ2n) is 1.93. The predicted molar refractivity (Wildman–Crippen MR) is 47.7 cm³/mol. The van der Waals surface area contributed by atoms with Gasteiger partial charge in [0, 0.05) is 0 Å². The summed E-state index contributed by atoms with van der Waals surface area (Å²) in [4.78, 5) is 0. The smallest absolute Gasteiger partial charge is 0.169 e. The minimum absolute atomic E-state index is 0. The van der Waals surface area contributed by atoms with Gasteiger partial charge in [-0.3, -0.25) is 0 Å². The highest BCUT2D eigenvalue weighted by molar-refractivity contribution is 9.10. The van der Waals surface area contributed by atoms with Gasteiger partial charge in [-0.25, -0.2) is 0 Å². The molecule has 1 atom stereocenters. The molecular formula is C6H9BrClNO2. The summed E-state index contributed by atoms with van der Waals surface area (Å²) >= 11 is 3.13. The lowest BCUT2D eigenvalue weighted by molar-refractivity contribution is 0.250. The third-order valence-electron chi connectivity index (χ3n) is 1.16. The maximum absolute atomic E-state index is 8.60. The lowest BCUT2D eigenvalue weighted by Crippen LogP contribution is -2.13. The number of furan rings is 1. The molecule has 3 nitrogen and oxygen atoms in total. The van der Waals surface area contributed by atoms with Crippen molar-refractivity contribution in [1.82, 2.24) is 0 Å². The molecule has 1 aromatic heterocycles. The van der Waals surface area contributed by atoms with Gasteiger partial charge in [0.15, 0.2) is 4.67 Å². The third kappa shape index (κ3) is 2.83. The van der Waals surface area contributed by atoms with Crippen molar-refractivity contribution < 1.29 is 9.52 Å². The van der Waals surface area contributed by atoms with Crippen molar-refractivity contribution in [1.29, 1.82) is 0 Å². The summed E-state index contributed by atoms with van der Waals surface area (Å²) in [5.74, 6) is 0.592. The Hall–Kier alpha value is -0.0300. The molecule has 1 rings (SSSR count). The van der Waals surface area contributed by atoms with Gasteiger partial charge < -0.3 is 15.3 Å². The fourth-order valence-electron chi connectivity index (χ4n) is 0.618. The molecular weight excluding hydrogens is 233 g/mol. The number of aliphatic hydroxyl groups is 1. The van der Waals surface area contributed by atoms with Gasteiger partial charge in [0.1, 0.15) is 5.76 Å². The third-order valence-corrected chi connectivity index (χ3v) is 1.58. The molecule has 0 aliphatic heterocycles. The van der Waals surface area contributed by atoms with E-state index in [2.05, 4.69) is 15.9 Å². The summed E-state index contributed by atoms with van der Waals surface area (Å²) in [7, 11) is 0. The van der Waals surface area contributed by atoms with Crippen LogP contribution in [0.1, 0.15) is 11.8 Å². The van der Waals surface area contributed by atoms with Crippen LogP contribution in [0.15, 0.2) is 21.2 Å². The van der Waals surface area contributed by atoms with Gasteiger partial charge in [0.25, 0.3) is 0 Å². The van der Waals surface area contributed by atoms with E-state index < -0.39 is 6.04 Å². The van der Waals surface area contributed by atoms with Crippen LogP contribution in [0.4, 0.5) is 0 Å². The molecule has 0 saturated carbocycles. The second-order valence-corrected chi connectivity index (χ2v) is 2.71. The minimum Gasteiger partial charge on any atom is -0.453 e. The fourth-order valence-corrected chi connectivity index (χ4v) is 0.937. The molecule has 11 heavy (non-hydrogen) atoms. The number of rotatable bonds is 2. The van der Waals surface area contributed by atoms with E-state index >= 15 is 0 Å². The van der Waals surface area contributed by atoms with Gasteiger partial charge in [-0.2, -0.15) is 0 Å². The van der Waals surface area contributed by atoms with Crippen LogP contribution < -0.4 is 5.73 Å². The summed E-state index contributed by atoms with van der Waals surface area (Å²) in [6, 6.07) is 3.06. The summed E-state index contributed by atoms with van der Waals surface area (Å²) < 4.78 is 5.70. The quantitative estimate of drug-likeness (QED) is 0.825. The molecule has 0 radical (unpaired) electrons. The molecule has 0 amide bonds. The van der Waals surface area contributed by atoms with Crippen LogP contribution in [0.5, 0.6) is 0 Å². The monoisotopic (exact) mass is 241 g/mol. The first-order chi connectivity index (χ1) is 4.74. The summed E-state index contributed by atoms with van der Waals surface area (Å²) in [6.07, 6.45) is 0. The Labute approximate surface area is 79.1 Å². The van der Waals surface area contributed by atoms with Crippen LogP contribution in [0.3, 0.4) is 0 Å². The van der Waals surface area contributed by atoms with E-state index in [9.17, 15) is 0 Å². The van der Waals surface area contributed by atoms with Gasteiger partial charge in [-0.05, 0) is 28.1 Å². The highest BCUT2D eigenvalue weighted by atomic mass is 79.9. The van der Waals surface area contributed by atoms with Gasteiger partial charge in [-0.15, -0.1) is 12.4 Å². The highest BCUT2D eigenvalue weighted by Gasteiger charge is 2.07. The SMILES string of the molecule is Cl.N[C@@H](CO)c1ccc(Br)o1. The molecule has 0 unspecified atom stereocenters. The van der Waals surface area contributed by atoms with Crippen LogP contribution in [0, 0.1) is 0 Å². The van der Waals surface area contributed by atoms with Crippen molar-refractivity contribution in [2.45, 2.75) is 6.04 Å². The van der Waals surface area contributed by atoms with Gasteiger partial charge >= 0.3 is 0 Å². The van der Waals surface area contributed by atoms with E-state index in [1.807, 2.05) is 0 Å². The minimum atomic E-state index is -0.411. The molecule has 0 aliphatic carbocycles. The van der Waals surface area contributed by atoms with Crippen LogP contribution in [0.2, 0.25) is 0 Å². The molecule has 0 fully saturated rings. The maximum Gasteiger partial charge on any atom is 0.169 e.